The quantitative estimate of drug-likeness (QED) is 0.926. The smallest absolute Gasteiger partial charge is 0.252 e. The molecule has 1 aromatic heterocycles. The summed E-state index contributed by atoms with van der Waals surface area (Å²) in [5, 5.41) is 1.80. The second-order valence-electron chi connectivity index (χ2n) is 4.27. The first kappa shape index (κ1) is 15.9. The van der Waals surface area contributed by atoms with Crippen molar-refractivity contribution >= 4 is 33.8 Å². The van der Waals surface area contributed by atoms with Gasteiger partial charge in [-0.1, -0.05) is 12.5 Å². The molecule has 1 atom stereocenters. The highest BCUT2D eigenvalue weighted by Crippen LogP contribution is 2.28. The molecule has 0 spiro atoms. The number of hydrogen-bond acceptors (Lipinski definition) is 4. The van der Waals surface area contributed by atoms with Gasteiger partial charge in [-0.05, 0) is 37.3 Å². The summed E-state index contributed by atoms with van der Waals surface area (Å²) in [5.41, 5.74) is 5.56. The minimum Gasteiger partial charge on any atom is -0.330 e. The Hall–Kier alpha value is -0.140. The van der Waals surface area contributed by atoms with Gasteiger partial charge in [0.2, 0.25) is 0 Å². The van der Waals surface area contributed by atoms with Gasteiger partial charge >= 0.3 is 0 Å². The summed E-state index contributed by atoms with van der Waals surface area (Å²) in [6, 6.07) is 3.54. The molecule has 0 bridgehead atoms. The maximum atomic E-state index is 12.4. The Morgan fingerprint density at radius 2 is 2.22 bits per heavy atom. The van der Waals surface area contributed by atoms with Crippen LogP contribution in [0, 0.1) is 0 Å². The number of halogens is 1. The molecule has 0 amide bonds. The molecule has 7 heteroatoms. The average molecular weight is 311 g/mol. The van der Waals surface area contributed by atoms with E-state index < -0.39 is 10.0 Å². The molecule has 4 nitrogen and oxygen atoms in total. The van der Waals surface area contributed by atoms with Gasteiger partial charge in [0.15, 0.2) is 0 Å². The maximum Gasteiger partial charge on any atom is 0.252 e. The molecule has 0 aliphatic carbocycles. The fraction of sp³-hybridized carbons (Fsp3) is 0.636. The van der Waals surface area contributed by atoms with Gasteiger partial charge in [0, 0.05) is 12.6 Å². The summed E-state index contributed by atoms with van der Waals surface area (Å²) in [4.78, 5) is 0. The first-order valence-corrected chi connectivity index (χ1v) is 8.23. The summed E-state index contributed by atoms with van der Waals surface area (Å²) in [7, 11) is -3.29. The molecule has 0 aromatic carbocycles. The van der Waals surface area contributed by atoms with Gasteiger partial charge in [-0.25, -0.2) is 8.42 Å². The first-order chi connectivity index (χ1) is 8.16. The Kier molecular flexibility index (Phi) is 6.07. The fourth-order valence-corrected chi connectivity index (χ4v) is 5.14. The number of rotatable bonds is 4. The van der Waals surface area contributed by atoms with E-state index in [9.17, 15) is 8.42 Å². The highest BCUT2D eigenvalue weighted by Gasteiger charge is 2.33. The molecule has 104 valence electrons. The molecule has 1 saturated heterocycles. The molecule has 1 aliphatic heterocycles. The number of thiophene rings is 1. The number of nitrogens with zero attached hydrogens (tertiary/aromatic N) is 1. The molecule has 2 heterocycles. The molecule has 1 aliphatic rings. The monoisotopic (exact) mass is 310 g/mol. The SMILES string of the molecule is Cl.NCCC1CCCCN1S(=O)(=O)c1cccs1. The predicted molar refractivity (Wildman–Crippen MR) is 76.8 cm³/mol. The van der Waals surface area contributed by atoms with Crippen molar-refractivity contribution in [3.05, 3.63) is 17.5 Å². The minimum absolute atomic E-state index is 0. The summed E-state index contributed by atoms with van der Waals surface area (Å²) in [5.74, 6) is 0. The molecule has 1 fully saturated rings. The van der Waals surface area contributed by atoms with E-state index in [1.807, 2.05) is 0 Å². The summed E-state index contributed by atoms with van der Waals surface area (Å²) < 4.78 is 27.0. The van der Waals surface area contributed by atoms with Gasteiger partial charge in [-0.3, -0.25) is 0 Å². The van der Waals surface area contributed by atoms with Crippen LogP contribution < -0.4 is 5.73 Å². The molecule has 2 N–H and O–H groups in total. The van der Waals surface area contributed by atoms with Crippen molar-refractivity contribution in [3.63, 3.8) is 0 Å². The van der Waals surface area contributed by atoms with Gasteiger partial charge < -0.3 is 5.73 Å². The highest BCUT2D eigenvalue weighted by molar-refractivity contribution is 7.91. The van der Waals surface area contributed by atoms with Crippen molar-refractivity contribution in [1.29, 1.82) is 0 Å². The van der Waals surface area contributed by atoms with Crippen molar-refractivity contribution in [2.45, 2.75) is 35.9 Å². The fourth-order valence-electron chi connectivity index (χ4n) is 2.30. The van der Waals surface area contributed by atoms with Crippen LogP contribution in [0.2, 0.25) is 0 Å². The van der Waals surface area contributed by atoms with E-state index in [0.717, 1.165) is 25.7 Å². The lowest BCUT2D eigenvalue weighted by atomic mass is 10.0. The van der Waals surface area contributed by atoms with E-state index in [1.165, 1.54) is 11.3 Å². The largest absolute Gasteiger partial charge is 0.330 e. The Morgan fingerprint density at radius 1 is 1.44 bits per heavy atom. The third kappa shape index (κ3) is 3.24. The van der Waals surface area contributed by atoms with Crippen LogP contribution >= 0.6 is 23.7 Å². The Morgan fingerprint density at radius 3 is 2.83 bits per heavy atom. The van der Waals surface area contributed by atoms with E-state index in [0.29, 0.717) is 17.3 Å². The van der Waals surface area contributed by atoms with E-state index in [4.69, 9.17) is 5.73 Å². The summed E-state index contributed by atoms with van der Waals surface area (Å²) in [6.45, 7) is 1.17. The molecule has 1 unspecified atom stereocenters. The molecule has 1 aromatic rings. The van der Waals surface area contributed by atoms with Crippen molar-refractivity contribution in [2.24, 2.45) is 5.73 Å². The molecule has 18 heavy (non-hydrogen) atoms. The Labute approximate surface area is 119 Å². The summed E-state index contributed by atoms with van der Waals surface area (Å²) >= 11 is 1.28. The molecular weight excluding hydrogens is 292 g/mol. The van der Waals surface area contributed by atoms with Gasteiger partial charge in [0.1, 0.15) is 4.21 Å². The van der Waals surface area contributed by atoms with E-state index in [1.54, 1.807) is 21.8 Å². The molecular formula is C11H19ClN2O2S2. The van der Waals surface area contributed by atoms with Crippen LogP contribution in [0.25, 0.3) is 0 Å². The zero-order valence-corrected chi connectivity index (χ0v) is 12.6. The van der Waals surface area contributed by atoms with Gasteiger partial charge in [0.25, 0.3) is 10.0 Å². The van der Waals surface area contributed by atoms with Crippen LogP contribution in [0.1, 0.15) is 25.7 Å². The number of sulfonamides is 1. The topological polar surface area (TPSA) is 63.4 Å². The van der Waals surface area contributed by atoms with Crippen molar-refractivity contribution in [2.75, 3.05) is 13.1 Å². The van der Waals surface area contributed by atoms with Crippen LogP contribution in [-0.4, -0.2) is 31.9 Å². The van der Waals surface area contributed by atoms with E-state index in [-0.39, 0.29) is 18.4 Å². The van der Waals surface area contributed by atoms with Crippen molar-refractivity contribution in [1.82, 2.24) is 4.31 Å². The molecule has 0 radical (unpaired) electrons. The van der Waals surface area contributed by atoms with E-state index >= 15 is 0 Å². The molecule has 0 saturated carbocycles. The first-order valence-electron chi connectivity index (χ1n) is 5.91. The maximum absolute atomic E-state index is 12.4. The van der Waals surface area contributed by atoms with Crippen LogP contribution in [-0.2, 0) is 10.0 Å². The lowest BCUT2D eigenvalue weighted by Gasteiger charge is -2.34. The van der Waals surface area contributed by atoms with Crippen LogP contribution in [0.15, 0.2) is 21.7 Å². The number of piperidine rings is 1. The zero-order valence-electron chi connectivity index (χ0n) is 10.1. The Balaban J connectivity index is 0.00000162. The second-order valence-corrected chi connectivity index (χ2v) is 7.34. The average Bonchev–Trinajstić information content (AvgIpc) is 2.84. The second kappa shape index (κ2) is 6.86. The van der Waals surface area contributed by atoms with Gasteiger partial charge in [-0.15, -0.1) is 23.7 Å². The summed E-state index contributed by atoms with van der Waals surface area (Å²) in [6.07, 6.45) is 3.74. The Bertz CT molecular complexity index is 446. The molecule has 2 rings (SSSR count). The lowest BCUT2D eigenvalue weighted by Crippen LogP contribution is -2.44. The number of hydrogen-bond donors (Lipinski definition) is 1. The zero-order chi connectivity index (χ0) is 12.3. The lowest BCUT2D eigenvalue weighted by molar-refractivity contribution is 0.243. The van der Waals surface area contributed by atoms with E-state index in [2.05, 4.69) is 0 Å². The third-order valence-electron chi connectivity index (χ3n) is 3.13. The number of nitrogens with two attached hydrogens (primary N) is 1. The normalized spacial score (nSPS) is 21.5. The third-order valence-corrected chi connectivity index (χ3v) is 6.46. The van der Waals surface area contributed by atoms with Gasteiger partial charge in [-0.2, -0.15) is 4.31 Å². The van der Waals surface area contributed by atoms with Gasteiger partial charge in [0.05, 0.1) is 0 Å². The van der Waals surface area contributed by atoms with Crippen molar-refractivity contribution in [3.8, 4) is 0 Å². The van der Waals surface area contributed by atoms with Crippen LogP contribution in [0.4, 0.5) is 0 Å². The standard InChI is InChI=1S/C11H18N2O2S2.ClH/c12-7-6-10-4-1-2-8-13(10)17(14,15)11-5-3-9-16-11;/h3,5,9-10H,1-2,4,6-8,12H2;1H. The van der Waals surface area contributed by atoms with Crippen LogP contribution in [0.3, 0.4) is 0 Å². The minimum atomic E-state index is -3.29. The van der Waals surface area contributed by atoms with Crippen molar-refractivity contribution < 1.29 is 8.42 Å². The highest BCUT2D eigenvalue weighted by atomic mass is 35.5. The predicted octanol–water partition coefficient (Wildman–Crippen LogP) is 2.06. The van der Waals surface area contributed by atoms with Crippen LogP contribution in [0.5, 0.6) is 0 Å².